The molecule has 1 aliphatic heterocycles. The lowest BCUT2D eigenvalue weighted by Gasteiger charge is -2.27. The van der Waals surface area contributed by atoms with Crippen molar-refractivity contribution in [1.82, 2.24) is 4.31 Å². The average Bonchev–Trinajstić information content (AvgIpc) is 2.84. The number of hydrogen-bond acceptors (Lipinski definition) is 5. The average molecular weight is 359 g/mol. The molecular weight excluding hydrogens is 338 g/mol. The third-order valence-corrected chi connectivity index (χ3v) is 7.52. The minimum Gasteiger partial charge on any atom is -0.495 e. The lowest BCUT2D eigenvalue weighted by molar-refractivity contribution is 0.360. The van der Waals surface area contributed by atoms with Crippen LogP contribution in [0.3, 0.4) is 0 Å². The van der Waals surface area contributed by atoms with Crippen LogP contribution in [0.15, 0.2) is 35.7 Å². The summed E-state index contributed by atoms with van der Waals surface area (Å²) < 4.78 is 55.9. The highest BCUT2D eigenvalue weighted by Crippen LogP contribution is 2.31. The van der Waals surface area contributed by atoms with E-state index in [9.17, 15) is 16.8 Å². The maximum Gasteiger partial charge on any atom is 0.247 e. The summed E-state index contributed by atoms with van der Waals surface area (Å²) in [7, 11) is -5.68. The Morgan fingerprint density at radius 3 is 2.65 bits per heavy atom. The second-order valence-electron chi connectivity index (χ2n) is 5.57. The zero-order chi connectivity index (χ0) is 17.3. The predicted molar refractivity (Wildman–Crippen MR) is 88.9 cm³/mol. The number of aryl methyl sites for hydroxylation is 1. The molecule has 0 unspecified atom stereocenters. The first kappa shape index (κ1) is 18.0. The van der Waals surface area contributed by atoms with Crippen molar-refractivity contribution < 1.29 is 21.6 Å². The highest BCUT2D eigenvalue weighted by molar-refractivity contribution is 7.92. The standard InChI is InChI=1S/C15H21NO5S2/c1-4-8-16(13-7-9-22(17,18)11-13)23(19,20)15-10-12(2)5-6-14(15)21-3/h4-6,10,13H,1,7-9,11H2,2-3H3/t13-/m1/s1. The maximum absolute atomic E-state index is 13.1. The number of benzene rings is 1. The van der Waals surface area contributed by atoms with Crippen molar-refractivity contribution in [3.05, 3.63) is 36.4 Å². The van der Waals surface area contributed by atoms with Gasteiger partial charge in [-0.15, -0.1) is 6.58 Å². The molecule has 1 heterocycles. The molecule has 0 aromatic heterocycles. The molecule has 0 amide bonds. The van der Waals surface area contributed by atoms with Gasteiger partial charge in [-0.05, 0) is 31.0 Å². The van der Waals surface area contributed by atoms with E-state index in [4.69, 9.17) is 4.74 Å². The Bertz CT molecular complexity index is 799. The lowest BCUT2D eigenvalue weighted by atomic mass is 10.2. The minimum atomic E-state index is -3.89. The molecule has 128 valence electrons. The number of hydrogen-bond donors (Lipinski definition) is 0. The lowest BCUT2D eigenvalue weighted by Crippen LogP contribution is -2.41. The van der Waals surface area contributed by atoms with E-state index < -0.39 is 25.9 Å². The Balaban J connectivity index is 2.50. The number of sulfone groups is 1. The SMILES string of the molecule is C=CCN([C@@H]1CCS(=O)(=O)C1)S(=O)(=O)c1cc(C)ccc1OC. The zero-order valence-corrected chi connectivity index (χ0v) is 14.9. The van der Waals surface area contributed by atoms with E-state index >= 15 is 0 Å². The first-order valence-electron chi connectivity index (χ1n) is 7.19. The molecule has 0 N–H and O–H groups in total. The summed E-state index contributed by atoms with van der Waals surface area (Å²) in [5, 5.41) is 0. The van der Waals surface area contributed by atoms with Crippen LogP contribution in [0.25, 0.3) is 0 Å². The van der Waals surface area contributed by atoms with Crippen LogP contribution in [0.1, 0.15) is 12.0 Å². The number of sulfonamides is 1. The molecule has 1 atom stereocenters. The molecule has 0 saturated carbocycles. The highest BCUT2D eigenvalue weighted by Gasteiger charge is 2.39. The Labute approximate surface area is 137 Å². The summed E-state index contributed by atoms with van der Waals surface area (Å²) in [5.41, 5.74) is 0.780. The first-order chi connectivity index (χ1) is 10.7. The molecule has 0 bridgehead atoms. The number of nitrogens with zero attached hydrogens (tertiary/aromatic N) is 1. The summed E-state index contributed by atoms with van der Waals surface area (Å²) in [6, 6.07) is 4.32. The second kappa shape index (κ2) is 6.62. The van der Waals surface area contributed by atoms with Crippen LogP contribution in [0.4, 0.5) is 0 Å². The third kappa shape index (κ3) is 3.76. The molecule has 23 heavy (non-hydrogen) atoms. The molecule has 1 saturated heterocycles. The molecule has 1 fully saturated rings. The number of methoxy groups -OCH3 is 1. The normalized spacial score (nSPS) is 20.6. The molecule has 0 aliphatic carbocycles. The summed E-state index contributed by atoms with van der Waals surface area (Å²) >= 11 is 0. The highest BCUT2D eigenvalue weighted by atomic mass is 32.2. The van der Waals surface area contributed by atoms with Crippen molar-refractivity contribution in [2.24, 2.45) is 0 Å². The zero-order valence-electron chi connectivity index (χ0n) is 13.2. The van der Waals surface area contributed by atoms with Crippen LogP contribution in [-0.2, 0) is 19.9 Å². The molecule has 0 spiro atoms. The quantitative estimate of drug-likeness (QED) is 0.717. The Morgan fingerprint density at radius 2 is 2.13 bits per heavy atom. The van der Waals surface area contributed by atoms with Gasteiger partial charge >= 0.3 is 0 Å². The second-order valence-corrected chi connectivity index (χ2v) is 9.66. The van der Waals surface area contributed by atoms with Gasteiger partial charge in [0.1, 0.15) is 10.6 Å². The fourth-order valence-electron chi connectivity index (χ4n) is 2.69. The predicted octanol–water partition coefficient (Wildman–Crippen LogP) is 1.37. The molecule has 1 aromatic rings. The van der Waals surface area contributed by atoms with Crippen molar-refractivity contribution in [3.8, 4) is 5.75 Å². The van der Waals surface area contributed by atoms with Crippen molar-refractivity contribution in [3.63, 3.8) is 0 Å². The summed E-state index contributed by atoms with van der Waals surface area (Å²) in [4.78, 5) is 0.0474. The van der Waals surface area contributed by atoms with Crippen molar-refractivity contribution >= 4 is 19.9 Å². The summed E-state index contributed by atoms with van der Waals surface area (Å²) in [5.74, 6) is 0.0884. The van der Waals surface area contributed by atoms with Crippen LogP contribution in [-0.4, -0.2) is 52.3 Å². The van der Waals surface area contributed by atoms with Gasteiger partial charge in [-0.25, -0.2) is 16.8 Å². The van der Waals surface area contributed by atoms with Crippen LogP contribution >= 0.6 is 0 Å². The molecule has 1 aromatic carbocycles. The van der Waals surface area contributed by atoms with Crippen molar-refractivity contribution in [1.29, 1.82) is 0 Å². The van der Waals surface area contributed by atoms with E-state index in [2.05, 4.69) is 6.58 Å². The fourth-order valence-corrected chi connectivity index (χ4v) is 6.38. The Hall–Kier alpha value is -1.38. The van der Waals surface area contributed by atoms with Gasteiger partial charge in [-0.2, -0.15) is 4.31 Å². The largest absolute Gasteiger partial charge is 0.495 e. The van der Waals surface area contributed by atoms with Gasteiger partial charge in [0.05, 0.1) is 18.6 Å². The molecule has 8 heteroatoms. The van der Waals surface area contributed by atoms with Gasteiger partial charge in [0, 0.05) is 12.6 Å². The Kier molecular flexibility index (Phi) is 5.17. The van der Waals surface area contributed by atoms with Crippen molar-refractivity contribution in [2.45, 2.75) is 24.3 Å². The minimum absolute atomic E-state index is 0.00574. The molecule has 6 nitrogen and oxygen atoms in total. The molecular formula is C15H21NO5S2. The summed E-state index contributed by atoms with van der Waals surface area (Å²) in [6.45, 7) is 5.43. The van der Waals surface area contributed by atoms with E-state index in [-0.39, 0.29) is 28.7 Å². The molecule has 0 radical (unpaired) electrons. The van der Waals surface area contributed by atoms with Gasteiger partial charge in [-0.3, -0.25) is 0 Å². The molecule has 1 aliphatic rings. The summed E-state index contributed by atoms with van der Waals surface area (Å²) in [6.07, 6.45) is 1.76. The van der Waals surface area contributed by atoms with Gasteiger partial charge in [0.2, 0.25) is 10.0 Å². The van der Waals surface area contributed by atoms with Crippen LogP contribution in [0.5, 0.6) is 5.75 Å². The van der Waals surface area contributed by atoms with E-state index in [0.29, 0.717) is 6.42 Å². The molecule has 2 rings (SSSR count). The van der Waals surface area contributed by atoms with Gasteiger partial charge < -0.3 is 4.74 Å². The smallest absolute Gasteiger partial charge is 0.247 e. The van der Waals surface area contributed by atoms with Crippen LogP contribution in [0, 0.1) is 6.92 Å². The number of ether oxygens (including phenoxy) is 1. The maximum atomic E-state index is 13.1. The van der Waals surface area contributed by atoms with Gasteiger partial charge in [0.25, 0.3) is 0 Å². The van der Waals surface area contributed by atoms with Crippen molar-refractivity contribution in [2.75, 3.05) is 25.2 Å². The number of rotatable bonds is 6. The topological polar surface area (TPSA) is 80.8 Å². The van der Waals surface area contributed by atoms with Gasteiger partial charge in [-0.1, -0.05) is 12.1 Å². The Morgan fingerprint density at radius 1 is 1.43 bits per heavy atom. The van der Waals surface area contributed by atoms with E-state index in [0.717, 1.165) is 5.56 Å². The van der Waals surface area contributed by atoms with Crippen LogP contribution < -0.4 is 4.74 Å². The monoisotopic (exact) mass is 359 g/mol. The van der Waals surface area contributed by atoms with E-state index in [1.165, 1.54) is 23.6 Å². The third-order valence-electron chi connectivity index (χ3n) is 3.83. The fraction of sp³-hybridized carbons (Fsp3) is 0.467. The van der Waals surface area contributed by atoms with Crippen LogP contribution in [0.2, 0.25) is 0 Å². The first-order valence-corrected chi connectivity index (χ1v) is 10.4. The van der Waals surface area contributed by atoms with E-state index in [1.54, 1.807) is 19.1 Å². The van der Waals surface area contributed by atoms with E-state index in [1.807, 2.05) is 0 Å². The van der Waals surface area contributed by atoms with Gasteiger partial charge in [0.15, 0.2) is 9.84 Å².